The Labute approximate surface area is 142 Å². The average Bonchev–Trinajstić information content (AvgIpc) is 2.37. The number of halogens is 2. The van der Waals surface area contributed by atoms with Crippen molar-refractivity contribution in [2.45, 2.75) is 39.8 Å². The van der Waals surface area contributed by atoms with Gasteiger partial charge in [0.2, 0.25) is 0 Å². The van der Waals surface area contributed by atoms with Gasteiger partial charge in [-0.05, 0) is 27.7 Å². The van der Waals surface area contributed by atoms with Gasteiger partial charge in [-0.1, -0.05) is 0 Å². The van der Waals surface area contributed by atoms with E-state index in [9.17, 15) is 19.2 Å². The number of ether oxygens (including phenoxy) is 2. The zero-order valence-corrected chi connectivity index (χ0v) is 14.6. The number of hydrogen-bond acceptors (Lipinski definition) is 8. The standard InChI is InChI=1S/2C6H11NO3.2ClH/c2*1-3-10-6(9)5(7)4(2)8;;/h2*5H,3,7H2,1-2H3;2*1H. The third-order valence-electron chi connectivity index (χ3n) is 1.96. The number of ketones is 2. The smallest absolute Gasteiger partial charge is 0.330 e. The van der Waals surface area contributed by atoms with Crippen LogP contribution in [0.5, 0.6) is 0 Å². The van der Waals surface area contributed by atoms with Gasteiger partial charge < -0.3 is 20.9 Å². The Bertz CT molecular complexity index is 332. The molecular formula is C12H24Cl2N2O6. The first-order chi connectivity index (χ1) is 9.18. The van der Waals surface area contributed by atoms with Crippen molar-refractivity contribution in [2.24, 2.45) is 11.5 Å². The summed E-state index contributed by atoms with van der Waals surface area (Å²) in [6.45, 7) is 6.32. The molecule has 0 heterocycles. The Balaban J connectivity index is -0.000000135. The van der Waals surface area contributed by atoms with Crippen LogP contribution in [0.4, 0.5) is 0 Å². The van der Waals surface area contributed by atoms with Crippen LogP contribution in [-0.2, 0) is 28.7 Å². The molecule has 0 aliphatic carbocycles. The topological polar surface area (TPSA) is 139 Å². The highest BCUT2D eigenvalue weighted by atomic mass is 35.5. The van der Waals surface area contributed by atoms with Crippen LogP contribution < -0.4 is 11.5 Å². The lowest BCUT2D eigenvalue weighted by molar-refractivity contribution is -0.148. The summed E-state index contributed by atoms with van der Waals surface area (Å²) >= 11 is 0. The first-order valence-electron chi connectivity index (χ1n) is 6.04. The van der Waals surface area contributed by atoms with Crippen molar-refractivity contribution in [2.75, 3.05) is 13.2 Å². The summed E-state index contributed by atoms with van der Waals surface area (Å²) in [6, 6.07) is -2.22. The second-order valence-electron chi connectivity index (χ2n) is 3.68. The molecule has 0 aromatic heterocycles. The van der Waals surface area contributed by atoms with Crippen LogP contribution in [0.2, 0.25) is 0 Å². The maximum atomic E-state index is 10.6. The number of Topliss-reactive ketones (excluding diaryl/α,β-unsaturated/α-hetero) is 2. The van der Waals surface area contributed by atoms with Crippen molar-refractivity contribution in [3.05, 3.63) is 0 Å². The Morgan fingerprint density at radius 2 is 1.00 bits per heavy atom. The molecule has 22 heavy (non-hydrogen) atoms. The molecule has 0 fully saturated rings. The van der Waals surface area contributed by atoms with Crippen LogP contribution in [-0.4, -0.2) is 48.8 Å². The number of rotatable bonds is 6. The number of nitrogens with two attached hydrogens (primary N) is 2. The number of carbonyl (C=O) groups is 4. The minimum atomic E-state index is -1.11. The molecule has 10 heteroatoms. The van der Waals surface area contributed by atoms with Gasteiger partial charge >= 0.3 is 11.9 Å². The van der Waals surface area contributed by atoms with Gasteiger partial charge in [0.15, 0.2) is 23.7 Å². The van der Waals surface area contributed by atoms with E-state index in [1.54, 1.807) is 13.8 Å². The molecular weight excluding hydrogens is 339 g/mol. The van der Waals surface area contributed by atoms with Crippen LogP contribution in [0.1, 0.15) is 27.7 Å². The van der Waals surface area contributed by atoms with E-state index in [0.717, 1.165) is 0 Å². The molecule has 0 radical (unpaired) electrons. The Morgan fingerprint density at radius 3 is 1.14 bits per heavy atom. The molecule has 4 N–H and O–H groups in total. The summed E-state index contributed by atoms with van der Waals surface area (Å²) in [6.07, 6.45) is 0. The Kier molecular flexibility index (Phi) is 21.2. The molecule has 0 bridgehead atoms. The summed E-state index contributed by atoms with van der Waals surface area (Å²) in [7, 11) is 0. The van der Waals surface area contributed by atoms with Gasteiger partial charge in [-0.2, -0.15) is 0 Å². The lowest BCUT2D eigenvalue weighted by Gasteiger charge is -2.05. The van der Waals surface area contributed by atoms with E-state index >= 15 is 0 Å². The molecule has 0 aromatic carbocycles. The first-order valence-corrected chi connectivity index (χ1v) is 6.04. The Morgan fingerprint density at radius 1 is 0.773 bits per heavy atom. The maximum absolute atomic E-state index is 10.6. The lowest BCUT2D eigenvalue weighted by Crippen LogP contribution is -2.38. The molecule has 2 atom stereocenters. The summed E-state index contributed by atoms with van der Waals surface area (Å²) in [5.74, 6) is -2.07. The van der Waals surface area contributed by atoms with Crippen LogP contribution in [0, 0.1) is 0 Å². The number of carbonyl (C=O) groups excluding carboxylic acids is 4. The summed E-state index contributed by atoms with van der Waals surface area (Å²) in [5, 5.41) is 0. The molecule has 0 spiro atoms. The van der Waals surface area contributed by atoms with Gasteiger partial charge in [0.05, 0.1) is 13.2 Å². The van der Waals surface area contributed by atoms with Gasteiger partial charge in [0, 0.05) is 0 Å². The third kappa shape index (κ3) is 13.7. The molecule has 0 aliphatic rings. The molecule has 8 nitrogen and oxygen atoms in total. The SMILES string of the molecule is CCOC(=O)C(N)C(C)=O.CCOC(=O)C(N)C(C)=O.Cl.Cl. The predicted octanol–water partition coefficient (Wildman–Crippen LogP) is -0.225. The Hall–Kier alpha value is -1.22. The van der Waals surface area contributed by atoms with Crippen LogP contribution in [0.25, 0.3) is 0 Å². The normalized spacial score (nSPS) is 11.2. The minimum absolute atomic E-state index is 0. The van der Waals surface area contributed by atoms with E-state index in [1.807, 2.05) is 0 Å². The van der Waals surface area contributed by atoms with Crippen molar-refractivity contribution in [3.8, 4) is 0 Å². The molecule has 0 saturated carbocycles. The largest absolute Gasteiger partial charge is 0.464 e. The average molecular weight is 363 g/mol. The van der Waals surface area contributed by atoms with Crippen molar-refractivity contribution in [1.82, 2.24) is 0 Å². The molecule has 0 aliphatic heterocycles. The zero-order valence-electron chi connectivity index (χ0n) is 13.0. The van der Waals surface area contributed by atoms with Gasteiger partial charge in [0.25, 0.3) is 0 Å². The lowest BCUT2D eigenvalue weighted by atomic mass is 10.2. The van der Waals surface area contributed by atoms with Crippen LogP contribution in [0.15, 0.2) is 0 Å². The van der Waals surface area contributed by atoms with Crippen molar-refractivity contribution in [3.63, 3.8) is 0 Å². The van der Waals surface area contributed by atoms with Crippen molar-refractivity contribution < 1.29 is 28.7 Å². The highest BCUT2D eigenvalue weighted by Gasteiger charge is 2.19. The second kappa shape index (κ2) is 16.2. The van der Waals surface area contributed by atoms with Gasteiger partial charge in [-0.3, -0.25) is 9.59 Å². The molecule has 0 aromatic rings. The van der Waals surface area contributed by atoms with E-state index < -0.39 is 24.0 Å². The quantitative estimate of drug-likeness (QED) is 0.488. The third-order valence-corrected chi connectivity index (χ3v) is 1.96. The van der Waals surface area contributed by atoms with Crippen molar-refractivity contribution >= 4 is 48.3 Å². The highest BCUT2D eigenvalue weighted by Crippen LogP contribution is 1.86. The highest BCUT2D eigenvalue weighted by molar-refractivity contribution is 6.02. The molecule has 132 valence electrons. The molecule has 2 unspecified atom stereocenters. The van der Waals surface area contributed by atoms with Crippen LogP contribution >= 0.6 is 24.8 Å². The zero-order chi connectivity index (χ0) is 16.3. The second-order valence-corrected chi connectivity index (χ2v) is 3.68. The fourth-order valence-corrected chi connectivity index (χ4v) is 0.796. The summed E-state index contributed by atoms with van der Waals surface area (Å²) < 4.78 is 8.96. The van der Waals surface area contributed by atoms with E-state index in [1.165, 1.54) is 13.8 Å². The minimum Gasteiger partial charge on any atom is -0.464 e. The first kappa shape index (κ1) is 28.9. The van der Waals surface area contributed by atoms with Crippen molar-refractivity contribution in [1.29, 1.82) is 0 Å². The monoisotopic (exact) mass is 362 g/mol. The predicted molar refractivity (Wildman–Crippen MR) is 85.1 cm³/mol. The van der Waals surface area contributed by atoms with Gasteiger partial charge in [0.1, 0.15) is 0 Å². The molecule has 0 amide bonds. The number of esters is 2. The van der Waals surface area contributed by atoms with Crippen LogP contribution in [0.3, 0.4) is 0 Å². The van der Waals surface area contributed by atoms with E-state index in [0.29, 0.717) is 0 Å². The van der Waals surface area contributed by atoms with E-state index in [4.69, 9.17) is 11.5 Å². The van der Waals surface area contributed by atoms with E-state index in [-0.39, 0.29) is 49.6 Å². The maximum Gasteiger partial charge on any atom is 0.330 e. The summed E-state index contributed by atoms with van der Waals surface area (Å²) in [5.41, 5.74) is 10.2. The number of hydrogen-bond donors (Lipinski definition) is 2. The fourth-order valence-electron chi connectivity index (χ4n) is 0.796. The van der Waals surface area contributed by atoms with Gasteiger partial charge in [-0.25, -0.2) is 9.59 Å². The van der Waals surface area contributed by atoms with E-state index in [2.05, 4.69) is 9.47 Å². The fraction of sp³-hybridized carbons (Fsp3) is 0.667. The summed E-state index contributed by atoms with van der Waals surface area (Å²) in [4.78, 5) is 42.1. The molecule has 0 rings (SSSR count). The van der Waals surface area contributed by atoms with Gasteiger partial charge in [-0.15, -0.1) is 24.8 Å². The molecule has 0 saturated heterocycles.